The highest BCUT2D eigenvalue weighted by molar-refractivity contribution is 5.95. The van der Waals surface area contributed by atoms with E-state index in [0.29, 0.717) is 18.0 Å². The summed E-state index contributed by atoms with van der Waals surface area (Å²) in [6.45, 7) is 11.3. The number of hydrogen-bond donors (Lipinski definition) is 0. The van der Waals surface area contributed by atoms with Crippen molar-refractivity contribution in [1.82, 2.24) is 14.7 Å². The number of amides is 1. The zero-order valence-corrected chi connectivity index (χ0v) is 16.2. The van der Waals surface area contributed by atoms with Crippen molar-refractivity contribution in [2.75, 3.05) is 26.3 Å². The van der Waals surface area contributed by atoms with Crippen LogP contribution in [-0.4, -0.2) is 46.9 Å². The maximum absolute atomic E-state index is 13.2. The lowest BCUT2D eigenvalue weighted by molar-refractivity contribution is 0.0729. The van der Waals surface area contributed by atoms with Crippen LogP contribution in [0.15, 0.2) is 30.5 Å². The van der Waals surface area contributed by atoms with E-state index in [4.69, 9.17) is 4.74 Å². The average molecular weight is 355 g/mol. The van der Waals surface area contributed by atoms with E-state index < -0.39 is 0 Å². The summed E-state index contributed by atoms with van der Waals surface area (Å²) in [4.78, 5) is 15.2. The fraction of sp³-hybridized carbons (Fsp3) is 0.524. The highest BCUT2D eigenvalue weighted by Gasteiger charge is 2.27. The summed E-state index contributed by atoms with van der Waals surface area (Å²) in [5.41, 5.74) is 3.88. The molecule has 0 bridgehead atoms. The number of ether oxygens (including phenoxy) is 1. The van der Waals surface area contributed by atoms with Gasteiger partial charge < -0.3 is 9.64 Å². The Morgan fingerprint density at radius 2 is 2.08 bits per heavy atom. The predicted molar refractivity (Wildman–Crippen MR) is 103 cm³/mol. The second-order valence-corrected chi connectivity index (χ2v) is 7.42. The molecule has 0 spiro atoms. The molecule has 1 amide bonds. The Kier molecular flexibility index (Phi) is 5.77. The van der Waals surface area contributed by atoms with Gasteiger partial charge in [0, 0.05) is 25.6 Å². The molecule has 5 nitrogen and oxygen atoms in total. The molecule has 2 aromatic rings. The molecule has 0 radical (unpaired) electrons. The van der Waals surface area contributed by atoms with E-state index in [9.17, 15) is 4.79 Å². The SMILES string of the molecule is CCN(CC1CCOC1)C(=O)c1cnn(-c2ccc(C)cc2)c1C(C)C. The minimum Gasteiger partial charge on any atom is -0.381 e. The van der Waals surface area contributed by atoms with Crippen molar-refractivity contribution in [2.24, 2.45) is 5.92 Å². The van der Waals surface area contributed by atoms with Gasteiger partial charge in [0.1, 0.15) is 0 Å². The highest BCUT2D eigenvalue weighted by atomic mass is 16.5. The summed E-state index contributed by atoms with van der Waals surface area (Å²) in [6, 6.07) is 8.24. The van der Waals surface area contributed by atoms with Gasteiger partial charge in [-0.3, -0.25) is 4.79 Å². The van der Waals surface area contributed by atoms with E-state index in [1.807, 2.05) is 16.5 Å². The standard InChI is InChI=1S/C21H29N3O2/c1-5-23(13-17-10-11-26-14-17)21(25)19-12-22-24(20(19)15(2)3)18-8-6-16(4)7-9-18/h6-9,12,15,17H,5,10-11,13-14H2,1-4H3. The van der Waals surface area contributed by atoms with E-state index in [-0.39, 0.29) is 11.8 Å². The van der Waals surface area contributed by atoms with Crippen molar-refractivity contribution in [3.63, 3.8) is 0 Å². The monoisotopic (exact) mass is 355 g/mol. The molecule has 1 atom stereocenters. The third-order valence-electron chi connectivity index (χ3n) is 5.03. The van der Waals surface area contributed by atoms with Crippen molar-refractivity contribution < 1.29 is 9.53 Å². The molecule has 140 valence electrons. The van der Waals surface area contributed by atoms with Crippen LogP contribution in [0.4, 0.5) is 0 Å². The number of carbonyl (C=O) groups is 1. The first-order chi connectivity index (χ1) is 12.5. The largest absolute Gasteiger partial charge is 0.381 e. The third kappa shape index (κ3) is 3.83. The molecule has 1 fully saturated rings. The highest BCUT2D eigenvalue weighted by Crippen LogP contribution is 2.25. The van der Waals surface area contributed by atoms with E-state index >= 15 is 0 Å². The van der Waals surface area contributed by atoms with Gasteiger partial charge in [-0.2, -0.15) is 5.10 Å². The number of aromatic nitrogens is 2. The maximum Gasteiger partial charge on any atom is 0.257 e. The second-order valence-electron chi connectivity index (χ2n) is 7.42. The molecule has 5 heteroatoms. The van der Waals surface area contributed by atoms with E-state index in [1.54, 1.807) is 6.20 Å². The second kappa shape index (κ2) is 8.04. The fourth-order valence-corrected chi connectivity index (χ4v) is 3.53. The molecule has 1 aliphatic rings. The van der Waals surface area contributed by atoms with Gasteiger partial charge >= 0.3 is 0 Å². The summed E-state index contributed by atoms with van der Waals surface area (Å²) in [7, 11) is 0. The molecule has 0 aliphatic carbocycles. The number of benzene rings is 1. The van der Waals surface area contributed by atoms with Gasteiger partial charge in [0.15, 0.2) is 0 Å². The van der Waals surface area contributed by atoms with Crippen LogP contribution in [0.2, 0.25) is 0 Å². The lowest BCUT2D eigenvalue weighted by Crippen LogP contribution is -2.36. The zero-order valence-electron chi connectivity index (χ0n) is 16.2. The van der Waals surface area contributed by atoms with Crippen LogP contribution in [0.3, 0.4) is 0 Å². The summed E-state index contributed by atoms with van der Waals surface area (Å²) >= 11 is 0. The minimum absolute atomic E-state index is 0.0708. The quantitative estimate of drug-likeness (QED) is 0.792. The lowest BCUT2D eigenvalue weighted by atomic mass is 10.0. The van der Waals surface area contributed by atoms with Gasteiger partial charge in [-0.25, -0.2) is 4.68 Å². The maximum atomic E-state index is 13.2. The van der Waals surface area contributed by atoms with E-state index in [2.05, 4.69) is 50.1 Å². The Balaban J connectivity index is 1.90. The Bertz CT molecular complexity index is 743. The first-order valence-corrected chi connectivity index (χ1v) is 9.53. The molecule has 1 aromatic heterocycles. The number of aryl methyl sites for hydroxylation is 1. The van der Waals surface area contributed by atoms with Crippen LogP contribution in [0.25, 0.3) is 5.69 Å². The molecule has 2 heterocycles. The van der Waals surface area contributed by atoms with Crippen molar-refractivity contribution in [3.05, 3.63) is 47.3 Å². The van der Waals surface area contributed by atoms with Gasteiger partial charge in [-0.15, -0.1) is 0 Å². The first-order valence-electron chi connectivity index (χ1n) is 9.53. The molecular weight excluding hydrogens is 326 g/mol. The Morgan fingerprint density at radius 3 is 2.65 bits per heavy atom. The molecule has 1 aromatic carbocycles. The molecule has 1 saturated heterocycles. The number of rotatable bonds is 6. The molecule has 26 heavy (non-hydrogen) atoms. The summed E-state index contributed by atoms with van der Waals surface area (Å²) in [5.74, 6) is 0.710. The molecule has 0 saturated carbocycles. The average Bonchev–Trinajstić information content (AvgIpc) is 3.29. The molecule has 3 rings (SSSR count). The molecule has 1 unspecified atom stereocenters. The van der Waals surface area contributed by atoms with E-state index in [0.717, 1.165) is 37.6 Å². The third-order valence-corrected chi connectivity index (χ3v) is 5.03. The zero-order chi connectivity index (χ0) is 18.7. The number of carbonyl (C=O) groups excluding carboxylic acids is 1. The Morgan fingerprint density at radius 1 is 1.35 bits per heavy atom. The van der Waals surface area contributed by atoms with Gasteiger partial charge in [0.25, 0.3) is 5.91 Å². The van der Waals surface area contributed by atoms with Crippen molar-refractivity contribution in [3.8, 4) is 5.69 Å². The van der Waals surface area contributed by atoms with Gasteiger partial charge in [0.2, 0.25) is 0 Å². The van der Waals surface area contributed by atoms with Crippen LogP contribution in [0.5, 0.6) is 0 Å². The van der Waals surface area contributed by atoms with Crippen molar-refractivity contribution >= 4 is 5.91 Å². The van der Waals surface area contributed by atoms with Gasteiger partial charge in [-0.1, -0.05) is 31.5 Å². The van der Waals surface area contributed by atoms with E-state index in [1.165, 1.54) is 5.56 Å². The summed E-state index contributed by atoms with van der Waals surface area (Å²) in [5, 5.41) is 4.55. The van der Waals surface area contributed by atoms with Gasteiger partial charge in [-0.05, 0) is 38.3 Å². The predicted octanol–water partition coefficient (Wildman–Crippen LogP) is 3.80. The smallest absolute Gasteiger partial charge is 0.257 e. The molecule has 1 aliphatic heterocycles. The Labute approximate surface area is 156 Å². The van der Waals surface area contributed by atoms with Crippen LogP contribution in [-0.2, 0) is 4.74 Å². The summed E-state index contributed by atoms with van der Waals surface area (Å²) in [6.07, 6.45) is 2.76. The van der Waals surface area contributed by atoms with Crippen LogP contribution < -0.4 is 0 Å². The topological polar surface area (TPSA) is 47.4 Å². The van der Waals surface area contributed by atoms with Crippen LogP contribution >= 0.6 is 0 Å². The van der Waals surface area contributed by atoms with Gasteiger partial charge in [0.05, 0.1) is 29.7 Å². The van der Waals surface area contributed by atoms with Crippen molar-refractivity contribution in [2.45, 2.75) is 40.0 Å². The normalized spacial score (nSPS) is 17.0. The number of hydrogen-bond acceptors (Lipinski definition) is 3. The number of nitrogens with zero attached hydrogens (tertiary/aromatic N) is 3. The minimum atomic E-state index is 0.0708. The Hall–Kier alpha value is -2.14. The molecule has 0 N–H and O–H groups in total. The first kappa shape index (κ1) is 18.6. The van der Waals surface area contributed by atoms with Crippen LogP contribution in [0.1, 0.15) is 54.7 Å². The molecular formula is C21H29N3O2. The lowest BCUT2D eigenvalue weighted by Gasteiger charge is -2.24. The van der Waals surface area contributed by atoms with Crippen molar-refractivity contribution in [1.29, 1.82) is 0 Å². The van der Waals surface area contributed by atoms with Crippen LogP contribution in [0, 0.1) is 12.8 Å². The summed E-state index contributed by atoms with van der Waals surface area (Å²) < 4.78 is 7.37. The fourth-order valence-electron chi connectivity index (χ4n) is 3.53.